The van der Waals surface area contributed by atoms with Crippen LogP contribution in [-0.4, -0.2) is 38.7 Å². The Morgan fingerprint density at radius 3 is 2.33 bits per heavy atom. The number of carbonyl (C=O) groups is 1. The van der Waals surface area contributed by atoms with Crippen molar-refractivity contribution in [1.82, 2.24) is 4.90 Å². The number of hydrogen-bond acceptors (Lipinski definition) is 4. The summed E-state index contributed by atoms with van der Waals surface area (Å²) in [5, 5.41) is 0.624. The van der Waals surface area contributed by atoms with E-state index in [4.69, 9.17) is 25.8 Å². The van der Waals surface area contributed by atoms with Crippen LogP contribution >= 0.6 is 11.6 Å². The topological polar surface area (TPSA) is 48.0 Å². The minimum Gasteiger partial charge on any atom is -0.493 e. The molecule has 0 aromatic heterocycles. The van der Waals surface area contributed by atoms with Crippen molar-refractivity contribution in [2.45, 2.75) is 6.54 Å². The number of halogens is 1. The summed E-state index contributed by atoms with van der Waals surface area (Å²) < 4.78 is 15.9. The van der Waals surface area contributed by atoms with Gasteiger partial charge in [0.25, 0.3) is 5.91 Å². The molecule has 0 unspecified atom stereocenters. The van der Waals surface area contributed by atoms with Crippen LogP contribution in [0.5, 0.6) is 17.2 Å². The molecule has 1 amide bonds. The van der Waals surface area contributed by atoms with Crippen molar-refractivity contribution in [3.63, 3.8) is 0 Å². The van der Waals surface area contributed by atoms with E-state index in [1.165, 1.54) is 0 Å². The minimum atomic E-state index is -0.125. The van der Waals surface area contributed by atoms with Gasteiger partial charge in [0.2, 0.25) is 0 Å². The van der Waals surface area contributed by atoms with Crippen LogP contribution < -0.4 is 14.2 Å². The molecule has 2 aromatic rings. The zero-order chi connectivity index (χ0) is 17.5. The van der Waals surface area contributed by atoms with Gasteiger partial charge in [-0.15, -0.1) is 0 Å². The number of nitrogens with zero attached hydrogens (tertiary/aromatic N) is 1. The van der Waals surface area contributed by atoms with Gasteiger partial charge in [-0.3, -0.25) is 4.79 Å². The fourth-order valence-corrected chi connectivity index (χ4v) is 2.25. The molecule has 24 heavy (non-hydrogen) atoms. The number of amides is 1. The summed E-state index contributed by atoms with van der Waals surface area (Å²) in [5.74, 6) is 1.77. The molecule has 0 atom stereocenters. The lowest BCUT2D eigenvalue weighted by molar-refractivity contribution is -0.132. The second-order valence-corrected chi connectivity index (χ2v) is 5.62. The van der Waals surface area contributed by atoms with Gasteiger partial charge in [0.1, 0.15) is 5.75 Å². The first-order valence-corrected chi connectivity index (χ1v) is 7.74. The molecule has 0 radical (unpaired) electrons. The molecule has 5 nitrogen and oxygen atoms in total. The van der Waals surface area contributed by atoms with Crippen LogP contribution in [0.3, 0.4) is 0 Å². The number of ether oxygens (including phenoxy) is 3. The normalized spacial score (nSPS) is 10.2. The standard InChI is InChI=1S/C18H20ClNO4/c1-20(11-13-4-9-16(22-2)17(10-13)23-3)18(21)12-24-15-7-5-14(19)6-8-15/h4-10H,11-12H2,1-3H3. The van der Waals surface area contributed by atoms with Crippen LogP contribution in [0.2, 0.25) is 5.02 Å². The van der Waals surface area contributed by atoms with E-state index in [9.17, 15) is 4.79 Å². The number of benzene rings is 2. The first-order valence-electron chi connectivity index (χ1n) is 7.36. The Morgan fingerprint density at radius 1 is 1.04 bits per heavy atom. The van der Waals surface area contributed by atoms with Crippen LogP contribution in [-0.2, 0) is 11.3 Å². The number of methoxy groups -OCH3 is 2. The second kappa shape index (κ2) is 8.45. The second-order valence-electron chi connectivity index (χ2n) is 5.18. The Kier molecular flexibility index (Phi) is 6.32. The average Bonchev–Trinajstić information content (AvgIpc) is 2.60. The van der Waals surface area contributed by atoms with Crippen molar-refractivity contribution < 1.29 is 19.0 Å². The smallest absolute Gasteiger partial charge is 0.260 e. The fourth-order valence-electron chi connectivity index (χ4n) is 2.13. The summed E-state index contributed by atoms with van der Waals surface area (Å²) >= 11 is 5.81. The molecule has 0 aliphatic carbocycles. The fraction of sp³-hybridized carbons (Fsp3) is 0.278. The zero-order valence-electron chi connectivity index (χ0n) is 13.9. The Labute approximate surface area is 146 Å². The summed E-state index contributed by atoms with van der Waals surface area (Å²) in [7, 11) is 4.89. The van der Waals surface area contributed by atoms with Crippen molar-refractivity contribution in [1.29, 1.82) is 0 Å². The van der Waals surface area contributed by atoms with Crippen LogP contribution in [0, 0.1) is 0 Å². The van der Waals surface area contributed by atoms with Crippen molar-refractivity contribution in [3.05, 3.63) is 53.1 Å². The van der Waals surface area contributed by atoms with Gasteiger partial charge in [0.05, 0.1) is 14.2 Å². The monoisotopic (exact) mass is 349 g/mol. The van der Waals surface area contributed by atoms with E-state index in [-0.39, 0.29) is 12.5 Å². The molecule has 0 saturated carbocycles. The molecule has 0 bridgehead atoms. The van der Waals surface area contributed by atoms with Crippen molar-refractivity contribution in [3.8, 4) is 17.2 Å². The number of likely N-dealkylation sites (N-methyl/N-ethyl adjacent to an activating group) is 1. The molecule has 0 heterocycles. The van der Waals surface area contributed by atoms with Crippen molar-refractivity contribution in [2.75, 3.05) is 27.9 Å². The van der Waals surface area contributed by atoms with Crippen molar-refractivity contribution >= 4 is 17.5 Å². The Hall–Kier alpha value is -2.40. The Balaban J connectivity index is 1.92. The van der Waals surface area contributed by atoms with E-state index in [2.05, 4.69) is 0 Å². The lowest BCUT2D eigenvalue weighted by Gasteiger charge is -2.18. The van der Waals surface area contributed by atoms with Gasteiger partial charge in [-0.1, -0.05) is 17.7 Å². The Morgan fingerprint density at radius 2 is 1.71 bits per heavy atom. The average molecular weight is 350 g/mol. The molecule has 0 spiro atoms. The maximum absolute atomic E-state index is 12.2. The van der Waals surface area contributed by atoms with Gasteiger partial charge in [0, 0.05) is 18.6 Å². The van der Waals surface area contributed by atoms with Gasteiger partial charge in [-0.25, -0.2) is 0 Å². The highest BCUT2D eigenvalue weighted by atomic mass is 35.5. The predicted octanol–water partition coefficient (Wildman–Crippen LogP) is 3.39. The molecule has 2 aromatic carbocycles. The third kappa shape index (κ3) is 4.80. The van der Waals surface area contributed by atoms with E-state index < -0.39 is 0 Å². The molecule has 0 fully saturated rings. The molecule has 0 aliphatic rings. The SMILES string of the molecule is COc1ccc(CN(C)C(=O)COc2ccc(Cl)cc2)cc1OC. The summed E-state index contributed by atoms with van der Waals surface area (Å²) in [6.45, 7) is 0.411. The van der Waals surface area contributed by atoms with Crippen LogP contribution in [0.25, 0.3) is 0 Å². The van der Waals surface area contributed by atoms with Crippen molar-refractivity contribution in [2.24, 2.45) is 0 Å². The highest BCUT2D eigenvalue weighted by Gasteiger charge is 2.12. The van der Waals surface area contributed by atoms with E-state index in [1.807, 2.05) is 18.2 Å². The minimum absolute atomic E-state index is 0.0363. The molecular formula is C18H20ClNO4. The number of carbonyl (C=O) groups excluding carboxylic acids is 1. The predicted molar refractivity (Wildman–Crippen MR) is 93.0 cm³/mol. The maximum atomic E-state index is 12.2. The molecule has 128 valence electrons. The lowest BCUT2D eigenvalue weighted by Crippen LogP contribution is -2.30. The van der Waals surface area contributed by atoms with Gasteiger partial charge < -0.3 is 19.1 Å². The highest BCUT2D eigenvalue weighted by molar-refractivity contribution is 6.30. The van der Waals surface area contributed by atoms with Gasteiger partial charge in [-0.2, -0.15) is 0 Å². The Bertz CT molecular complexity index is 688. The third-order valence-electron chi connectivity index (χ3n) is 3.47. The summed E-state index contributed by atoms with van der Waals surface area (Å²) in [6.07, 6.45) is 0. The number of rotatable bonds is 7. The van der Waals surface area contributed by atoms with Gasteiger partial charge in [0.15, 0.2) is 18.1 Å². The van der Waals surface area contributed by atoms with Gasteiger partial charge >= 0.3 is 0 Å². The maximum Gasteiger partial charge on any atom is 0.260 e. The summed E-state index contributed by atoms with van der Waals surface area (Å²) in [4.78, 5) is 13.8. The van der Waals surface area contributed by atoms with E-state index in [0.717, 1.165) is 5.56 Å². The molecule has 6 heteroatoms. The largest absolute Gasteiger partial charge is 0.493 e. The van der Waals surface area contributed by atoms with Crippen LogP contribution in [0.15, 0.2) is 42.5 Å². The summed E-state index contributed by atoms with van der Waals surface area (Å²) in [5.41, 5.74) is 0.940. The van der Waals surface area contributed by atoms with E-state index >= 15 is 0 Å². The van der Waals surface area contributed by atoms with E-state index in [1.54, 1.807) is 50.4 Å². The van der Waals surface area contributed by atoms with E-state index in [0.29, 0.717) is 28.8 Å². The highest BCUT2D eigenvalue weighted by Crippen LogP contribution is 2.27. The molecule has 0 N–H and O–H groups in total. The first-order chi connectivity index (χ1) is 11.5. The zero-order valence-corrected chi connectivity index (χ0v) is 14.7. The van der Waals surface area contributed by atoms with Crippen LogP contribution in [0.1, 0.15) is 5.56 Å². The summed E-state index contributed by atoms with van der Waals surface area (Å²) in [6, 6.07) is 12.4. The number of hydrogen-bond donors (Lipinski definition) is 0. The first kappa shape index (κ1) is 17.9. The molecule has 2 rings (SSSR count). The quantitative estimate of drug-likeness (QED) is 0.768. The van der Waals surface area contributed by atoms with Crippen LogP contribution in [0.4, 0.5) is 0 Å². The molecule has 0 aliphatic heterocycles. The molecular weight excluding hydrogens is 330 g/mol. The third-order valence-corrected chi connectivity index (χ3v) is 3.72. The van der Waals surface area contributed by atoms with Gasteiger partial charge in [-0.05, 0) is 42.0 Å². The lowest BCUT2D eigenvalue weighted by atomic mass is 10.2. The molecule has 0 saturated heterocycles.